The summed E-state index contributed by atoms with van der Waals surface area (Å²) >= 11 is 5.59. The van der Waals surface area contributed by atoms with E-state index in [1.54, 1.807) is 0 Å². The van der Waals surface area contributed by atoms with Gasteiger partial charge in [-0.05, 0) is 44.4 Å². The number of carbonyl (C=O) groups is 1. The Morgan fingerprint density at radius 2 is 1.94 bits per heavy atom. The average molecular weight is 260 g/mol. The Labute approximate surface area is 110 Å². The van der Waals surface area contributed by atoms with Crippen LogP contribution in [0.1, 0.15) is 64.7 Å². The summed E-state index contributed by atoms with van der Waals surface area (Å²) in [6, 6.07) is 0.437. The molecule has 17 heavy (non-hydrogen) atoms. The molecular weight excluding hydrogens is 234 g/mol. The fraction of sp³-hybridized carbons (Fsp3) is 0.929. The number of rotatable bonds is 7. The molecule has 100 valence electrons. The van der Waals surface area contributed by atoms with E-state index in [1.165, 1.54) is 38.5 Å². The van der Waals surface area contributed by atoms with Crippen LogP contribution in [0.5, 0.6) is 0 Å². The lowest BCUT2D eigenvalue weighted by Crippen LogP contribution is -2.37. The van der Waals surface area contributed by atoms with Crippen LogP contribution in [0.3, 0.4) is 0 Å². The summed E-state index contributed by atoms with van der Waals surface area (Å²) in [5, 5.41) is 3.16. The second-order valence-electron chi connectivity index (χ2n) is 5.22. The van der Waals surface area contributed by atoms with Gasteiger partial charge in [-0.25, -0.2) is 0 Å². The predicted molar refractivity (Wildman–Crippen MR) is 73.4 cm³/mol. The molecule has 0 radical (unpaired) electrons. The second kappa shape index (κ2) is 8.79. The first-order valence-corrected chi connectivity index (χ1v) is 7.65. The van der Waals surface area contributed by atoms with Crippen LogP contribution in [0.2, 0.25) is 0 Å². The fourth-order valence-electron chi connectivity index (χ4n) is 2.68. The highest BCUT2D eigenvalue weighted by molar-refractivity contribution is 6.17. The minimum atomic E-state index is 0.217. The van der Waals surface area contributed by atoms with Crippen molar-refractivity contribution in [3.05, 3.63) is 0 Å². The first kappa shape index (κ1) is 14.8. The predicted octanol–water partition coefficient (Wildman–Crippen LogP) is 3.87. The van der Waals surface area contributed by atoms with Crippen molar-refractivity contribution in [3.63, 3.8) is 0 Å². The quantitative estimate of drug-likeness (QED) is 0.546. The number of alkyl halides is 1. The highest BCUT2D eigenvalue weighted by Crippen LogP contribution is 2.27. The number of nitrogens with one attached hydrogen (secondary N) is 1. The number of amides is 1. The van der Waals surface area contributed by atoms with Crippen LogP contribution in [-0.2, 0) is 4.79 Å². The molecule has 0 aromatic heterocycles. The van der Waals surface area contributed by atoms with Crippen LogP contribution in [0.4, 0.5) is 0 Å². The Morgan fingerprint density at radius 3 is 2.53 bits per heavy atom. The van der Waals surface area contributed by atoms with Crippen LogP contribution in [0.25, 0.3) is 0 Å². The molecule has 1 rings (SSSR count). The first-order valence-electron chi connectivity index (χ1n) is 7.11. The van der Waals surface area contributed by atoms with Gasteiger partial charge in [0.1, 0.15) is 0 Å². The summed E-state index contributed by atoms with van der Waals surface area (Å²) in [6.07, 6.45) is 10.1. The van der Waals surface area contributed by atoms with E-state index in [2.05, 4.69) is 12.2 Å². The van der Waals surface area contributed by atoms with E-state index in [-0.39, 0.29) is 5.91 Å². The maximum absolute atomic E-state index is 11.6. The largest absolute Gasteiger partial charge is 0.353 e. The van der Waals surface area contributed by atoms with Gasteiger partial charge in [-0.15, -0.1) is 11.6 Å². The molecule has 0 bridgehead atoms. The van der Waals surface area contributed by atoms with E-state index in [1.807, 2.05) is 0 Å². The molecule has 0 aromatic carbocycles. The summed E-state index contributed by atoms with van der Waals surface area (Å²) in [6.45, 7) is 2.25. The van der Waals surface area contributed by atoms with Crippen molar-refractivity contribution in [1.82, 2.24) is 5.32 Å². The Balaban J connectivity index is 2.10. The third-order valence-corrected chi connectivity index (χ3v) is 3.96. The number of unbranched alkanes of at least 4 members (excludes halogenated alkanes) is 1. The maximum Gasteiger partial charge on any atom is 0.220 e. The minimum Gasteiger partial charge on any atom is -0.353 e. The van der Waals surface area contributed by atoms with Crippen LogP contribution in [-0.4, -0.2) is 17.8 Å². The summed E-state index contributed by atoms with van der Waals surface area (Å²) in [4.78, 5) is 11.6. The van der Waals surface area contributed by atoms with Gasteiger partial charge >= 0.3 is 0 Å². The lowest BCUT2D eigenvalue weighted by Gasteiger charge is -2.29. The molecule has 3 heteroatoms. The normalized spacial score (nSPS) is 24.6. The molecule has 1 aliphatic rings. The topological polar surface area (TPSA) is 29.1 Å². The van der Waals surface area contributed by atoms with Crippen molar-refractivity contribution >= 4 is 17.5 Å². The van der Waals surface area contributed by atoms with Crippen LogP contribution in [0, 0.1) is 5.92 Å². The lowest BCUT2D eigenvalue weighted by atomic mass is 9.83. The van der Waals surface area contributed by atoms with E-state index in [9.17, 15) is 4.79 Å². The van der Waals surface area contributed by atoms with Crippen molar-refractivity contribution in [2.24, 2.45) is 5.92 Å². The van der Waals surface area contributed by atoms with Gasteiger partial charge < -0.3 is 5.32 Å². The van der Waals surface area contributed by atoms with Gasteiger partial charge in [0, 0.05) is 18.3 Å². The number of carbonyl (C=O) groups excluding carboxylic acids is 1. The van der Waals surface area contributed by atoms with Crippen LogP contribution >= 0.6 is 11.6 Å². The zero-order valence-corrected chi connectivity index (χ0v) is 11.8. The first-order chi connectivity index (χ1) is 8.26. The number of halogens is 1. The van der Waals surface area contributed by atoms with E-state index >= 15 is 0 Å². The Hall–Kier alpha value is -0.240. The Bertz CT molecular complexity index is 212. The van der Waals surface area contributed by atoms with Gasteiger partial charge in [-0.1, -0.05) is 19.8 Å². The molecule has 1 aliphatic carbocycles. The van der Waals surface area contributed by atoms with E-state index in [4.69, 9.17) is 11.6 Å². The Kier molecular flexibility index (Phi) is 7.67. The molecule has 0 spiro atoms. The van der Waals surface area contributed by atoms with Gasteiger partial charge in [0.2, 0.25) is 5.91 Å². The van der Waals surface area contributed by atoms with Crippen molar-refractivity contribution < 1.29 is 4.79 Å². The molecule has 0 aromatic rings. The van der Waals surface area contributed by atoms with Gasteiger partial charge in [-0.3, -0.25) is 4.79 Å². The van der Waals surface area contributed by atoms with Gasteiger partial charge in [0.15, 0.2) is 0 Å². The molecule has 0 saturated heterocycles. The zero-order valence-electron chi connectivity index (χ0n) is 11.0. The molecule has 2 nitrogen and oxygen atoms in total. The lowest BCUT2D eigenvalue weighted by molar-refractivity contribution is -0.122. The van der Waals surface area contributed by atoms with Crippen molar-refractivity contribution in [3.8, 4) is 0 Å². The van der Waals surface area contributed by atoms with Crippen LogP contribution < -0.4 is 5.32 Å². The third-order valence-electron chi connectivity index (χ3n) is 3.70. The summed E-state index contributed by atoms with van der Waals surface area (Å²) in [5.41, 5.74) is 0. The smallest absolute Gasteiger partial charge is 0.220 e. The van der Waals surface area contributed by atoms with Crippen molar-refractivity contribution in [2.75, 3.05) is 5.88 Å². The monoisotopic (exact) mass is 259 g/mol. The SMILES string of the molecule is CCCC1CCC(NC(=O)CCCCCl)CC1. The Morgan fingerprint density at radius 1 is 1.24 bits per heavy atom. The van der Waals surface area contributed by atoms with Crippen molar-refractivity contribution in [1.29, 1.82) is 0 Å². The van der Waals surface area contributed by atoms with E-state index < -0.39 is 0 Å². The standard InChI is InChI=1S/C14H26ClNO/c1-2-5-12-7-9-13(10-8-12)16-14(17)6-3-4-11-15/h12-13H,2-11H2,1H3,(H,16,17). The third kappa shape index (κ3) is 6.30. The zero-order chi connectivity index (χ0) is 12.5. The molecule has 0 aliphatic heterocycles. The van der Waals surface area contributed by atoms with E-state index in [0.29, 0.717) is 18.3 Å². The molecular formula is C14H26ClNO. The van der Waals surface area contributed by atoms with Gasteiger partial charge in [0.05, 0.1) is 0 Å². The molecule has 0 heterocycles. The fourth-order valence-corrected chi connectivity index (χ4v) is 2.87. The molecule has 1 amide bonds. The molecule has 0 atom stereocenters. The molecule has 0 unspecified atom stereocenters. The van der Waals surface area contributed by atoms with Crippen molar-refractivity contribution in [2.45, 2.75) is 70.8 Å². The average Bonchev–Trinajstić information content (AvgIpc) is 2.32. The summed E-state index contributed by atoms with van der Waals surface area (Å²) in [7, 11) is 0. The highest BCUT2D eigenvalue weighted by Gasteiger charge is 2.21. The minimum absolute atomic E-state index is 0.217. The number of hydrogen-bond donors (Lipinski definition) is 1. The maximum atomic E-state index is 11.6. The molecule has 1 N–H and O–H groups in total. The molecule has 1 fully saturated rings. The van der Waals surface area contributed by atoms with E-state index in [0.717, 1.165) is 18.8 Å². The number of hydrogen-bond acceptors (Lipinski definition) is 1. The molecule has 1 saturated carbocycles. The second-order valence-corrected chi connectivity index (χ2v) is 5.60. The summed E-state index contributed by atoms with van der Waals surface area (Å²) in [5.74, 6) is 1.79. The van der Waals surface area contributed by atoms with Crippen LogP contribution in [0.15, 0.2) is 0 Å². The summed E-state index contributed by atoms with van der Waals surface area (Å²) < 4.78 is 0. The van der Waals surface area contributed by atoms with Gasteiger partial charge in [0.25, 0.3) is 0 Å². The highest BCUT2D eigenvalue weighted by atomic mass is 35.5. The van der Waals surface area contributed by atoms with Gasteiger partial charge in [-0.2, -0.15) is 0 Å².